The molecule has 0 aromatic heterocycles. The standard InChI is InChI=1S/C22H21O5P/c23-22(25-16-19-10-4-1-5-11-19)28(24,26-17-20-12-6-2-7-13-20)27-18-21-14-8-3-9-15-21/h1-15H,16-18H2. The first-order valence-corrected chi connectivity index (χ1v) is 10.4. The lowest BCUT2D eigenvalue weighted by atomic mass is 10.2. The predicted octanol–water partition coefficient (Wildman–Crippen LogP) is 5.95. The molecule has 0 fully saturated rings. The van der Waals surface area contributed by atoms with E-state index in [0.29, 0.717) is 0 Å². The summed E-state index contributed by atoms with van der Waals surface area (Å²) in [6.07, 6.45) is 0. The van der Waals surface area contributed by atoms with Crippen LogP contribution in [0.5, 0.6) is 0 Å². The molecule has 0 amide bonds. The minimum atomic E-state index is -4.14. The number of hydrogen-bond donors (Lipinski definition) is 0. The molecule has 0 aliphatic heterocycles. The van der Waals surface area contributed by atoms with Crippen LogP contribution in [0.3, 0.4) is 0 Å². The molecule has 5 nitrogen and oxygen atoms in total. The van der Waals surface area contributed by atoms with Crippen LogP contribution in [0.2, 0.25) is 0 Å². The van der Waals surface area contributed by atoms with Gasteiger partial charge in [-0.3, -0.25) is 9.05 Å². The summed E-state index contributed by atoms with van der Waals surface area (Å²) in [6.45, 7) is -0.0479. The summed E-state index contributed by atoms with van der Waals surface area (Å²) in [7, 11) is -4.14. The summed E-state index contributed by atoms with van der Waals surface area (Å²) < 4.78 is 29.3. The quantitative estimate of drug-likeness (QED) is 0.418. The third-order valence-corrected chi connectivity index (χ3v) is 5.43. The Morgan fingerprint density at radius 3 is 1.36 bits per heavy atom. The highest BCUT2D eigenvalue weighted by molar-refractivity contribution is 7.71. The maximum Gasteiger partial charge on any atom is 0.439 e. The van der Waals surface area contributed by atoms with Crippen LogP contribution in [0.4, 0.5) is 4.79 Å². The van der Waals surface area contributed by atoms with Gasteiger partial charge in [-0.15, -0.1) is 0 Å². The summed E-state index contributed by atoms with van der Waals surface area (Å²) >= 11 is 0. The van der Waals surface area contributed by atoms with Crippen molar-refractivity contribution in [1.29, 1.82) is 0 Å². The summed E-state index contributed by atoms with van der Waals surface area (Å²) in [5, 5.41) is 0. The van der Waals surface area contributed by atoms with Gasteiger partial charge in [0.1, 0.15) is 6.61 Å². The molecule has 0 N–H and O–H groups in total. The second-order valence-electron chi connectivity index (χ2n) is 6.06. The maximum absolute atomic E-state index is 13.2. The summed E-state index contributed by atoms with van der Waals surface area (Å²) in [5.41, 5.74) is 1.35. The zero-order valence-corrected chi connectivity index (χ0v) is 16.2. The summed E-state index contributed by atoms with van der Waals surface area (Å²) in [6, 6.07) is 27.5. The number of hydrogen-bond acceptors (Lipinski definition) is 5. The van der Waals surface area contributed by atoms with E-state index in [9.17, 15) is 9.36 Å². The van der Waals surface area contributed by atoms with Gasteiger partial charge in [0.25, 0.3) is 0 Å². The molecule has 0 saturated carbocycles. The van der Waals surface area contributed by atoms with Crippen molar-refractivity contribution >= 4 is 13.3 Å². The van der Waals surface area contributed by atoms with Gasteiger partial charge in [-0.25, -0.2) is 9.36 Å². The molecular weight excluding hydrogens is 375 g/mol. The Hall–Kier alpha value is -2.72. The van der Waals surface area contributed by atoms with Gasteiger partial charge < -0.3 is 4.74 Å². The molecule has 3 rings (SSSR count). The maximum atomic E-state index is 13.2. The molecule has 0 aliphatic carbocycles. The van der Waals surface area contributed by atoms with Gasteiger partial charge in [-0.1, -0.05) is 91.0 Å². The van der Waals surface area contributed by atoms with E-state index in [0.717, 1.165) is 16.7 Å². The van der Waals surface area contributed by atoms with Crippen LogP contribution >= 0.6 is 7.60 Å². The van der Waals surface area contributed by atoms with Crippen molar-refractivity contribution in [2.24, 2.45) is 0 Å². The molecule has 144 valence electrons. The third-order valence-electron chi connectivity index (χ3n) is 3.92. The fourth-order valence-corrected chi connectivity index (χ4v) is 3.55. The number of rotatable bonds is 9. The number of ether oxygens (including phenoxy) is 1. The Bertz CT molecular complexity index is 866. The van der Waals surface area contributed by atoms with E-state index in [1.165, 1.54) is 0 Å². The monoisotopic (exact) mass is 396 g/mol. The highest BCUT2D eigenvalue weighted by Gasteiger charge is 2.37. The number of carbonyl (C=O) groups is 1. The molecular formula is C22H21O5P. The van der Waals surface area contributed by atoms with Crippen LogP contribution in [-0.4, -0.2) is 5.71 Å². The van der Waals surface area contributed by atoms with Gasteiger partial charge in [0, 0.05) is 0 Å². The first-order chi connectivity index (χ1) is 13.7. The second kappa shape index (κ2) is 10.00. The van der Waals surface area contributed by atoms with E-state index in [4.69, 9.17) is 13.8 Å². The zero-order chi connectivity index (χ0) is 19.7. The Labute approximate surface area is 164 Å². The van der Waals surface area contributed by atoms with Crippen molar-refractivity contribution in [3.63, 3.8) is 0 Å². The van der Waals surface area contributed by atoms with E-state index < -0.39 is 13.3 Å². The van der Waals surface area contributed by atoms with Crippen molar-refractivity contribution in [1.82, 2.24) is 0 Å². The number of benzene rings is 3. The highest BCUT2D eigenvalue weighted by Crippen LogP contribution is 2.51. The van der Waals surface area contributed by atoms with Gasteiger partial charge in [0.2, 0.25) is 0 Å². The average Bonchev–Trinajstić information content (AvgIpc) is 2.77. The molecule has 3 aromatic carbocycles. The lowest BCUT2D eigenvalue weighted by Crippen LogP contribution is -2.09. The minimum absolute atomic E-state index is 0.00689. The lowest BCUT2D eigenvalue weighted by Gasteiger charge is -2.17. The lowest BCUT2D eigenvalue weighted by molar-refractivity contribution is 0.136. The van der Waals surface area contributed by atoms with Crippen LogP contribution in [0, 0.1) is 0 Å². The van der Waals surface area contributed by atoms with Gasteiger partial charge in [-0.2, -0.15) is 0 Å². The van der Waals surface area contributed by atoms with Crippen LogP contribution in [-0.2, 0) is 38.2 Å². The molecule has 0 spiro atoms. The summed E-state index contributed by atoms with van der Waals surface area (Å²) in [5.74, 6) is 0. The van der Waals surface area contributed by atoms with E-state index >= 15 is 0 Å². The first kappa shape index (κ1) is 20.0. The number of carbonyl (C=O) groups excluding carboxylic acids is 1. The molecule has 0 saturated heterocycles. The average molecular weight is 396 g/mol. The van der Waals surface area contributed by atoms with Crippen molar-refractivity contribution in [3.05, 3.63) is 108 Å². The van der Waals surface area contributed by atoms with Crippen LogP contribution in [0.1, 0.15) is 16.7 Å². The minimum Gasteiger partial charge on any atom is -0.452 e. The van der Waals surface area contributed by atoms with E-state index in [2.05, 4.69) is 0 Å². The molecule has 0 aliphatic rings. The smallest absolute Gasteiger partial charge is 0.439 e. The topological polar surface area (TPSA) is 61.8 Å². The zero-order valence-electron chi connectivity index (χ0n) is 15.3. The summed E-state index contributed by atoms with van der Waals surface area (Å²) in [4.78, 5) is 12.5. The molecule has 0 radical (unpaired) electrons. The molecule has 3 aromatic rings. The molecule has 0 unspecified atom stereocenters. The molecule has 0 atom stereocenters. The fraction of sp³-hybridized carbons (Fsp3) is 0.136. The van der Waals surface area contributed by atoms with Crippen LogP contribution in [0.15, 0.2) is 91.0 Å². The first-order valence-electron chi connectivity index (χ1n) is 8.84. The largest absolute Gasteiger partial charge is 0.452 e. The molecule has 0 heterocycles. The molecule has 0 bridgehead atoms. The van der Waals surface area contributed by atoms with Gasteiger partial charge in [0.05, 0.1) is 13.2 Å². The van der Waals surface area contributed by atoms with Gasteiger partial charge in [0.15, 0.2) is 0 Å². The van der Waals surface area contributed by atoms with E-state index in [1.807, 2.05) is 91.0 Å². The van der Waals surface area contributed by atoms with Crippen molar-refractivity contribution in [2.45, 2.75) is 19.8 Å². The van der Waals surface area contributed by atoms with E-state index in [-0.39, 0.29) is 19.8 Å². The van der Waals surface area contributed by atoms with Crippen molar-refractivity contribution in [2.75, 3.05) is 0 Å². The van der Waals surface area contributed by atoms with Gasteiger partial charge in [-0.05, 0) is 16.7 Å². The SMILES string of the molecule is O=C(OCc1ccccc1)P(=O)(OCc1ccccc1)OCc1ccccc1. The Morgan fingerprint density at radius 1 is 0.607 bits per heavy atom. The Balaban J connectivity index is 1.68. The van der Waals surface area contributed by atoms with Gasteiger partial charge >= 0.3 is 13.3 Å². The second-order valence-corrected chi connectivity index (χ2v) is 7.93. The van der Waals surface area contributed by atoms with Crippen molar-refractivity contribution in [3.8, 4) is 0 Å². The normalized spacial score (nSPS) is 11.1. The van der Waals surface area contributed by atoms with E-state index in [1.54, 1.807) is 0 Å². The fourth-order valence-electron chi connectivity index (χ4n) is 2.41. The Morgan fingerprint density at radius 2 is 0.964 bits per heavy atom. The Kier molecular flexibility index (Phi) is 7.15. The molecule has 6 heteroatoms. The van der Waals surface area contributed by atoms with Crippen LogP contribution in [0.25, 0.3) is 0 Å². The van der Waals surface area contributed by atoms with Crippen molar-refractivity contribution < 1.29 is 23.1 Å². The van der Waals surface area contributed by atoms with Crippen LogP contribution < -0.4 is 0 Å². The highest BCUT2D eigenvalue weighted by atomic mass is 31.2. The predicted molar refractivity (Wildman–Crippen MR) is 107 cm³/mol. The third kappa shape index (κ3) is 5.89. The molecule has 28 heavy (non-hydrogen) atoms.